The summed E-state index contributed by atoms with van der Waals surface area (Å²) in [7, 11) is 0. The number of para-hydroxylation sites is 2. The van der Waals surface area contributed by atoms with Crippen LogP contribution in [0.1, 0.15) is 0 Å². The topological polar surface area (TPSA) is 152 Å². The van der Waals surface area contributed by atoms with E-state index >= 15 is 0 Å². The third-order valence-corrected chi connectivity index (χ3v) is 4.03. The van der Waals surface area contributed by atoms with Crippen molar-refractivity contribution in [1.82, 2.24) is 0 Å². The van der Waals surface area contributed by atoms with Crippen LogP contribution in [-0.2, 0) is 19.1 Å². The van der Waals surface area contributed by atoms with E-state index in [4.69, 9.17) is 29.2 Å². The molecule has 26 heavy (non-hydrogen) atoms. The number of aliphatic hydroxyl groups is 4. The maximum atomic E-state index is 11.9. The van der Waals surface area contributed by atoms with Gasteiger partial charge in [-0.05, 0) is 12.1 Å². The lowest BCUT2D eigenvalue weighted by molar-refractivity contribution is -0.143. The molecule has 2 heterocycles. The Hall–Kier alpha value is -2.08. The van der Waals surface area contributed by atoms with Crippen molar-refractivity contribution in [2.45, 2.75) is 37.0 Å². The van der Waals surface area contributed by atoms with Crippen LogP contribution in [0.4, 0.5) is 0 Å². The number of ether oxygens (including phenoxy) is 4. The van der Waals surface area contributed by atoms with E-state index in [9.17, 15) is 19.8 Å². The molecule has 10 heteroatoms. The Balaban J connectivity index is 1.73. The molecule has 0 spiro atoms. The number of benzene rings is 1. The zero-order chi connectivity index (χ0) is 18.8. The molecule has 2 aliphatic rings. The molecule has 0 aliphatic carbocycles. The minimum atomic E-state index is -1.52. The van der Waals surface area contributed by atoms with Crippen molar-refractivity contribution >= 4 is 11.6 Å². The highest BCUT2D eigenvalue weighted by atomic mass is 16.7. The van der Waals surface area contributed by atoms with Crippen molar-refractivity contribution in [3.63, 3.8) is 0 Å². The number of rotatable bonds is 6. The second-order valence-electron chi connectivity index (χ2n) is 5.75. The van der Waals surface area contributed by atoms with E-state index in [1.165, 1.54) is 12.1 Å². The van der Waals surface area contributed by atoms with Gasteiger partial charge in [0.05, 0.1) is 13.2 Å². The Bertz CT molecular complexity index is 620. The van der Waals surface area contributed by atoms with Crippen LogP contribution in [0.2, 0.25) is 0 Å². The zero-order valence-electron chi connectivity index (χ0n) is 13.4. The highest BCUT2D eigenvalue weighted by Gasteiger charge is 2.45. The second kappa shape index (κ2) is 7.66. The second-order valence-corrected chi connectivity index (χ2v) is 5.75. The van der Waals surface area contributed by atoms with E-state index in [-0.39, 0.29) is 11.5 Å². The Morgan fingerprint density at radius 1 is 0.808 bits per heavy atom. The fourth-order valence-corrected chi connectivity index (χ4v) is 2.58. The first-order valence-corrected chi connectivity index (χ1v) is 7.84. The molecule has 10 nitrogen and oxygen atoms in total. The fraction of sp³-hybridized carbons (Fsp3) is 0.500. The highest BCUT2D eigenvalue weighted by Crippen LogP contribution is 2.32. The van der Waals surface area contributed by atoms with Crippen LogP contribution in [0.5, 0.6) is 11.5 Å². The summed E-state index contributed by atoms with van der Waals surface area (Å²) in [5.41, 5.74) is 0. The quantitative estimate of drug-likeness (QED) is 0.432. The predicted octanol–water partition coefficient (Wildman–Crippen LogP) is -2.26. The normalized spacial score (nSPS) is 34.3. The first kappa shape index (κ1) is 18.7. The molecule has 0 saturated carbocycles. The van der Waals surface area contributed by atoms with Crippen molar-refractivity contribution in [1.29, 1.82) is 0 Å². The number of carbonyl (C=O) groups excluding carboxylic acids is 2. The Morgan fingerprint density at radius 3 is 1.50 bits per heavy atom. The lowest BCUT2D eigenvalue weighted by atomic mass is 10.2. The van der Waals surface area contributed by atoms with Gasteiger partial charge in [0.25, 0.3) is 12.6 Å². The van der Waals surface area contributed by atoms with Crippen LogP contribution in [-0.4, -0.2) is 82.2 Å². The van der Waals surface area contributed by atoms with Gasteiger partial charge < -0.3 is 39.4 Å². The van der Waals surface area contributed by atoms with Gasteiger partial charge in [-0.25, -0.2) is 0 Å². The van der Waals surface area contributed by atoms with E-state index < -0.39 is 61.8 Å². The van der Waals surface area contributed by atoms with Gasteiger partial charge in [0.15, 0.2) is 11.5 Å². The van der Waals surface area contributed by atoms with E-state index in [2.05, 4.69) is 0 Å². The van der Waals surface area contributed by atoms with E-state index in [1.807, 2.05) is 0 Å². The molecule has 2 fully saturated rings. The Kier molecular flexibility index (Phi) is 5.51. The molecule has 0 bridgehead atoms. The predicted molar refractivity (Wildman–Crippen MR) is 81.2 cm³/mol. The minimum absolute atomic E-state index is 0.0231. The maximum Gasteiger partial charge on any atom is 0.263 e. The summed E-state index contributed by atoms with van der Waals surface area (Å²) in [5.74, 6) is -1.48. The number of aliphatic hydroxyl groups excluding tert-OH is 4. The van der Waals surface area contributed by atoms with Gasteiger partial charge in [-0.15, -0.1) is 0 Å². The highest BCUT2D eigenvalue weighted by molar-refractivity contribution is 5.89. The van der Waals surface area contributed by atoms with Gasteiger partial charge in [-0.2, -0.15) is 0 Å². The summed E-state index contributed by atoms with van der Waals surface area (Å²) < 4.78 is 21.1. The molecule has 6 atom stereocenters. The SMILES string of the molecule is O=C1C(Oc2ccccc2OC2O[C@H](CO)[C@H](O)C2=O)O[C@H](CO)[C@@H]1O. The molecule has 2 aliphatic heterocycles. The largest absolute Gasteiger partial charge is 0.453 e. The van der Waals surface area contributed by atoms with Gasteiger partial charge in [0.1, 0.15) is 24.4 Å². The smallest absolute Gasteiger partial charge is 0.263 e. The molecule has 1 aromatic carbocycles. The van der Waals surface area contributed by atoms with Gasteiger partial charge in [-0.1, -0.05) is 12.1 Å². The molecular weight excluding hydrogens is 352 g/mol. The van der Waals surface area contributed by atoms with Gasteiger partial charge >= 0.3 is 0 Å². The standard InChI is InChI=1S/C16H18O10/c17-5-9-11(19)13(21)15(25-9)23-7-3-1-2-4-8(7)24-16-14(22)12(20)10(6-18)26-16/h1-4,9-12,15-20H,5-6H2/t9-,10-,11+,12+,15?,16?/m1/s1. The van der Waals surface area contributed by atoms with Gasteiger partial charge in [-0.3, -0.25) is 9.59 Å². The molecule has 4 N–H and O–H groups in total. The van der Waals surface area contributed by atoms with Crippen molar-refractivity contribution in [3.8, 4) is 11.5 Å². The molecule has 0 aromatic heterocycles. The summed E-state index contributed by atoms with van der Waals surface area (Å²) in [6.07, 6.45) is -8.14. The fourth-order valence-electron chi connectivity index (χ4n) is 2.58. The molecular formula is C16H18O10. The maximum absolute atomic E-state index is 11.9. The lowest BCUT2D eigenvalue weighted by Crippen LogP contribution is -2.31. The monoisotopic (exact) mass is 370 g/mol. The number of ketones is 2. The summed E-state index contributed by atoms with van der Waals surface area (Å²) in [5, 5.41) is 37.5. The van der Waals surface area contributed by atoms with Crippen LogP contribution in [0.25, 0.3) is 0 Å². The summed E-state index contributed by atoms with van der Waals surface area (Å²) in [6.45, 7) is -1.12. The lowest BCUT2D eigenvalue weighted by Gasteiger charge is -2.18. The number of carbonyl (C=O) groups is 2. The van der Waals surface area contributed by atoms with Gasteiger partial charge in [0.2, 0.25) is 11.6 Å². The van der Waals surface area contributed by atoms with Crippen molar-refractivity contribution in [2.75, 3.05) is 13.2 Å². The van der Waals surface area contributed by atoms with Gasteiger partial charge in [0, 0.05) is 0 Å². The zero-order valence-corrected chi connectivity index (χ0v) is 13.4. The molecule has 2 saturated heterocycles. The molecule has 0 radical (unpaired) electrons. The number of hydrogen-bond acceptors (Lipinski definition) is 10. The average Bonchev–Trinajstić information content (AvgIpc) is 3.08. The molecule has 2 unspecified atom stereocenters. The molecule has 3 rings (SSSR count). The van der Waals surface area contributed by atoms with E-state index in [1.54, 1.807) is 12.1 Å². The van der Waals surface area contributed by atoms with E-state index in [0.29, 0.717) is 0 Å². The first-order chi connectivity index (χ1) is 12.5. The Morgan fingerprint density at radius 2 is 1.19 bits per heavy atom. The average molecular weight is 370 g/mol. The van der Waals surface area contributed by atoms with Crippen LogP contribution >= 0.6 is 0 Å². The van der Waals surface area contributed by atoms with E-state index in [0.717, 1.165) is 0 Å². The third kappa shape index (κ3) is 3.43. The van der Waals surface area contributed by atoms with Crippen LogP contribution in [0.3, 0.4) is 0 Å². The number of hydrogen-bond donors (Lipinski definition) is 4. The summed E-state index contributed by atoms with van der Waals surface area (Å²) in [6, 6.07) is 6.02. The van der Waals surface area contributed by atoms with Crippen LogP contribution in [0.15, 0.2) is 24.3 Å². The molecule has 1 aromatic rings. The number of Topliss-reactive ketones (excluding diaryl/α,β-unsaturated/α-hetero) is 2. The summed E-state index contributed by atoms with van der Waals surface area (Å²) >= 11 is 0. The van der Waals surface area contributed by atoms with Crippen molar-refractivity contribution in [3.05, 3.63) is 24.3 Å². The third-order valence-electron chi connectivity index (χ3n) is 4.03. The molecule has 0 amide bonds. The van der Waals surface area contributed by atoms with Crippen LogP contribution in [0, 0.1) is 0 Å². The van der Waals surface area contributed by atoms with Crippen LogP contribution < -0.4 is 9.47 Å². The molecule has 142 valence electrons. The first-order valence-electron chi connectivity index (χ1n) is 7.84. The van der Waals surface area contributed by atoms with Crippen molar-refractivity contribution < 1.29 is 49.0 Å². The summed E-state index contributed by atoms with van der Waals surface area (Å²) in [4.78, 5) is 23.8. The Labute approximate surface area is 147 Å². The van der Waals surface area contributed by atoms with Crippen molar-refractivity contribution in [2.24, 2.45) is 0 Å². The minimum Gasteiger partial charge on any atom is -0.453 e.